The molecule has 0 saturated carbocycles. The highest BCUT2D eigenvalue weighted by Gasteiger charge is 2.08. The van der Waals surface area contributed by atoms with E-state index in [2.05, 4.69) is 15.9 Å². The van der Waals surface area contributed by atoms with E-state index in [1.165, 1.54) is 0 Å². The Morgan fingerprint density at radius 2 is 1.93 bits per heavy atom. The maximum absolute atomic E-state index is 11.4. The van der Waals surface area contributed by atoms with Gasteiger partial charge in [0, 0.05) is 5.33 Å². The summed E-state index contributed by atoms with van der Waals surface area (Å²) in [4.78, 5) is 11.4. The lowest BCUT2D eigenvalue weighted by Gasteiger charge is -2.04. The van der Waals surface area contributed by atoms with Crippen molar-refractivity contribution < 1.29 is 9.53 Å². The minimum Gasteiger partial charge on any atom is -0.461 e. The Morgan fingerprint density at radius 1 is 1.33 bits per heavy atom. The van der Waals surface area contributed by atoms with E-state index in [1.807, 2.05) is 39.0 Å². The van der Waals surface area contributed by atoms with Crippen molar-refractivity contribution in [3.63, 3.8) is 0 Å². The second-order valence-corrected chi connectivity index (χ2v) is 3.43. The van der Waals surface area contributed by atoms with Gasteiger partial charge in [-0.15, -0.1) is 0 Å². The number of hydrogen-bond acceptors (Lipinski definition) is 2. The van der Waals surface area contributed by atoms with Gasteiger partial charge in [-0.25, -0.2) is 4.79 Å². The van der Waals surface area contributed by atoms with Crippen molar-refractivity contribution in [1.29, 1.82) is 0 Å². The van der Waals surface area contributed by atoms with Crippen molar-refractivity contribution in [3.05, 3.63) is 35.4 Å². The number of halogens is 1. The Kier molecular flexibility index (Phi) is 8.01. The van der Waals surface area contributed by atoms with E-state index in [0.717, 1.165) is 5.56 Å². The molecule has 1 aromatic carbocycles. The third-order valence-electron chi connectivity index (χ3n) is 1.68. The van der Waals surface area contributed by atoms with E-state index in [-0.39, 0.29) is 5.97 Å². The summed E-state index contributed by atoms with van der Waals surface area (Å²) >= 11 is 3.19. The molecule has 2 nitrogen and oxygen atoms in total. The second-order valence-electron chi connectivity index (χ2n) is 2.64. The first-order valence-corrected chi connectivity index (χ1v) is 6.16. The van der Waals surface area contributed by atoms with Crippen molar-refractivity contribution in [2.45, 2.75) is 20.8 Å². The van der Waals surface area contributed by atoms with E-state index in [0.29, 0.717) is 17.5 Å². The monoisotopic (exact) mass is 272 g/mol. The van der Waals surface area contributed by atoms with Gasteiger partial charge in [0.1, 0.15) is 6.61 Å². The molecule has 0 atom stereocenters. The molecule has 0 amide bonds. The average molecular weight is 273 g/mol. The summed E-state index contributed by atoms with van der Waals surface area (Å²) in [6, 6.07) is 7.39. The predicted octanol–water partition coefficient (Wildman–Crippen LogP) is 3.57. The van der Waals surface area contributed by atoms with Crippen molar-refractivity contribution in [3.8, 4) is 0 Å². The van der Waals surface area contributed by atoms with Crippen LogP contribution in [0.5, 0.6) is 0 Å². The van der Waals surface area contributed by atoms with E-state index < -0.39 is 0 Å². The fraction of sp³-hybridized carbons (Fsp3) is 0.417. The topological polar surface area (TPSA) is 26.3 Å². The maximum atomic E-state index is 11.4. The van der Waals surface area contributed by atoms with E-state index in [9.17, 15) is 4.79 Å². The highest BCUT2D eigenvalue weighted by Crippen LogP contribution is 2.08. The van der Waals surface area contributed by atoms with Crippen LogP contribution in [0, 0.1) is 6.92 Å². The Balaban J connectivity index is 0.000000921. The number of alkyl halides is 1. The molecule has 3 heteroatoms. The van der Waals surface area contributed by atoms with Crippen molar-refractivity contribution in [2.24, 2.45) is 0 Å². The molecule has 84 valence electrons. The van der Waals surface area contributed by atoms with Crippen LogP contribution in [0.3, 0.4) is 0 Å². The smallest absolute Gasteiger partial charge is 0.338 e. The fourth-order valence-electron chi connectivity index (χ4n) is 1.01. The molecule has 0 saturated heterocycles. The first-order valence-electron chi connectivity index (χ1n) is 5.04. The van der Waals surface area contributed by atoms with Crippen LogP contribution >= 0.6 is 15.9 Å². The van der Waals surface area contributed by atoms with Crippen molar-refractivity contribution in [1.82, 2.24) is 0 Å². The normalized spacial score (nSPS) is 8.80. The molecular weight excluding hydrogens is 256 g/mol. The van der Waals surface area contributed by atoms with Crippen LogP contribution < -0.4 is 0 Å². The number of carbonyl (C=O) groups excluding carboxylic acids is 1. The number of rotatable bonds is 3. The first-order chi connectivity index (χ1) is 7.25. The Labute approximate surface area is 99.8 Å². The van der Waals surface area contributed by atoms with Crippen LogP contribution in [-0.4, -0.2) is 17.9 Å². The molecule has 15 heavy (non-hydrogen) atoms. The van der Waals surface area contributed by atoms with Crippen LogP contribution in [0.4, 0.5) is 0 Å². The third kappa shape index (κ3) is 4.98. The lowest BCUT2D eigenvalue weighted by atomic mass is 10.1. The molecule has 0 N–H and O–H groups in total. The Hall–Kier alpha value is -0.830. The molecule has 0 unspecified atom stereocenters. The summed E-state index contributed by atoms with van der Waals surface area (Å²) < 4.78 is 4.97. The number of carbonyl (C=O) groups is 1. The number of hydrogen-bond donors (Lipinski definition) is 0. The van der Waals surface area contributed by atoms with Gasteiger partial charge in [0.2, 0.25) is 0 Å². The highest BCUT2D eigenvalue weighted by atomic mass is 79.9. The number of esters is 1. The molecule has 0 fully saturated rings. The summed E-state index contributed by atoms with van der Waals surface area (Å²) in [7, 11) is 0. The van der Waals surface area contributed by atoms with E-state index in [4.69, 9.17) is 4.74 Å². The van der Waals surface area contributed by atoms with Gasteiger partial charge in [-0.3, -0.25) is 0 Å². The minimum absolute atomic E-state index is 0.252. The number of aryl methyl sites for hydroxylation is 1. The van der Waals surface area contributed by atoms with Gasteiger partial charge in [0.25, 0.3) is 0 Å². The predicted molar refractivity (Wildman–Crippen MR) is 66.6 cm³/mol. The second kappa shape index (κ2) is 8.48. The molecule has 0 heterocycles. The van der Waals surface area contributed by atoms with Crippen molar-refractivity contribution >= 4 is 21.9 Å². The Morgan fingerprint density at radius 3 is 2.47 bits per heavy atom. The lowest BCUT2D eigenvalue weighted by molar-refractivity contribution is 0.0530. The zero-order valence-electron chi connectivity index (χ0n) is 9.42. The van der Waals surface area contributed by atoms with Gasteiger partial charge in [-0.2, -0.15) is 0 Å². The van der Waals surface area contributed by atoms with Crippen LogP contribution in [0.1, 0.15) is 29.8 Å². The van der Waals surface area contributed by atoms with Gasteiger partial charge in [-0.1, -0.05) is 48.0 Å². The summed E-state index contributed by atoms with van der Waals surface area (Å²) in [6.07, 6.45) is 0. The maximum Gasteiger partial charge on any atom is 0.338 e. The molecule has 1 aromatic rings. The number of ether oxygens (including phenoxy) is 1. The quantitative estimate of drug-likeness (QED) is 0.621. The molecule has 0 spiro atoms. The average Bonchev–Trinajstić information content (AvgIpc) is 2.29. The van der Waals surface area contributed by atoms with Gasteiger partial charge < -0.3 is 4.74 Å². The summed E-state index contributed by atoms with van der Waals surface area (Å²) in [6.45, 7) is 6.30. The van der Waals surface area contributed by atoms with Gasteiger partial charge in [0.05, 0.1) is 5.56 Å². The largest absolute Gasteiger partial charge is 0.461 e. The summed E-state index contributed by atoms with van der Waals surface area (Å²) in [5.41, 5.74) is 1.59. The van der Waals surface area contributed by atoms with Crippen LogP contribution in [0.25, 0.3) is 0 Å². The molecule has 0 aliphatic heterocycles. The highest BCUT2D eigenvalue weighted by molar-refractivity contribution is 9.09. The molecule has 0 aromatic heterocycles. The standard InChI is InChI=1S/C10H11BrO2.C2H6/c1-8-4-2-3-5-9(8)10(12)13-7-6-11;1-2/h2-5H,6-7H2,1H3;1-2H3. The lowest BCUT2D eigenvalue weighted by Crippen LogP contribution is -2.08. The zero-order chi connectivity index (χ0) is 11.7. The van der Waals surface area contributed by atoms with Crippen LogP contribution in [-0.2, 0) is 4.74 Å². The fourth-order valence-corrected chi connectivity index (χ4v) is 1.17. The summed E-state index contributed by atoms with van der Waals surface area (Å²) in [5, 5.41) is 0.671. The molecule has 1 rings (SSSR count). The SMILES string of the molecule is CC.Cc1ccccc1C(=O)OCCBr. The minimum atomic E-state index is -0.252. The zero-order valence-corrected chi connectivity index (χ0v) is 11.0. The molecule has 0 aliphatic carbocycles. The van der Waals surface area contributed by atoms with Crippen LogP contribution in [0.2, 0.25) is 0 Å². The van der Waals surface area contributed by atoms with Gasteiger partial charge in [0.15, 0.2) is 0 Å². The van der Waals surface area contributed by atoms with Gasteiger partial charge >= 0.3 is 5.97 Å². The van der Waals surface area contributed by atoms with Crippen LogP contribution in [0.15, 0.2) is 24.3 Å². The molecular formula is C12H17BrO2. The third-order valence-corrected chi connectivity index (χ3v) is 2.00. The number of benzene rings is 1. The van der Waals surface area contributed by atoms with E-state index >= 15 is 0 Å². The molecule has 0 aliphatic rings. The molecule has 0 bridgehead atoms. The Bertz CT molecular complexity index is 297. The molecule has 0 radical (unpaired) electrons. The van der Waals surface area contributed by atoms with Gasteiger partial charge in [-0.05, 0) is 18.6 Å². The van der Waals surface area contributed by atoms with E-state index in [1.54, 1.807) is 6.07 Å². The van der Waals surface area contributed by atoms with Crippen molar-refractivity contribution in [2.75, 3.05) is 11.9 Å². The summed E-state index contributed by atoms with van der Waals surface area (Å²) in [5.74, 6) is -0.252. The first kappa shape index (κ1) is 14.2.